The van der Waals surface area contributed by atoms with Gasteiger partial charge in [-0.1, -0.05) is 0 Å². The number of aromatic nitrogens is 5. The smallest absolute Gasteiger partial charge is 0.335 e. The average Bonchev–Trinajstić information content (AvgIpc) is 3.37. The number of pyridine rings is 1. The highest BCUT2D eigenvalue weighted by atomic mass is 19.4. The van der Waals surface area contributed by atoms with E-state index in [1.165, 1.54) is 18.9 Å². The van der Waals surface area contributed by atoms with Gasteiger partial charge in [-0.15, -0.1) is 0 Å². The van der Waals surface area contributed by atoms with Crippen LogP contribution in [0.5, 0.6) is 0 Å². The minimum atomic E-state index is -4.57. The normalized spacial score (nSPS) is 11.5. The zero-order chi connectivity index (χ0) is 26.2. The van der Waals surface area contributed by atoms with Gasteiger partial charge in [0.25, 0.3) is 5.91 Å². The lowest BCUT2D eigenvalue weighted by Gasteiger charge is -2.15. The van der Waals surface area contributed by atoms with Crippen molar-refractivity contribution in [3.05, 3.63) is 90.1 Å². The molecule has 0 spiro atoms. The monoisotopic (exact) mass is 511 g/mol. The summed E-state index contributed by atoms with van der Waals surface area (Å²) < 4.78 is 68.3. The number of aromatic amines is 1. The number of carbonyl (C=O) groups is 1. The van der Waals surface area contributed by atoms with Gasteiger partial charge in [-0.05, 0) is 48.5 Å². The molecule has 3 N–H and O–H groups in total. The van der Waals surface area contributed by atoms with Gasteiger partial charge in [-0.2, -0.15) is 13.2 Å². The predicted octanol–water partition coefficient (Wildman–Crippen LogP) is 5.71. The van der Waals surface area contributed by atoms with E-state index in [-0.39, 0.29) is 11.4 Å². The molecule has 0 aliphatic carbocycles. The largest absolute Gasteiger partial charge is 0.416 e. The number of amides is 1. The third-order valence-corrected chi connectivity index (χ3v) is 5.34. The van der Waals surface area contributed by atoms with Crippen molar-refractivity contribution in [3.63, 3.8) is 0 Å². The minimum absolute atomic E-state index is 0.0505. The van der Waals surface area contributed by atoms with Crippen LogP contribution in [0.3, 0.4) is 0 Å². The van der Waals surface area contributed by atoms with Crippen molar-refractivity contribution in [3.8, 4) is 11.3 Å². The molecular formula is C24H14F5N7O. The van der Waals surface area contributed by atoms with Crippen molar-refractivity contribution in [2.45, 2.75) is 6.18 Å². The molecule has 5 rings (SSSR count). The lowest BCUT2D eigenvalue weighted by Crippen LogP contribution is -2.15. The van der Waals surface area contributed by atoms with E-state index in [4.69, 9.17) is 0 Å². The maximum Gasteiger partial charge on any atom is 0.416 e. The Morgan fingerprint density at radius 3 is 2.46 bits per heavy atom. The maximum absolute atomic E-state index is 15.3. The van der Waals surface area contributed by atoms with Crippen molar-refractivity contribution >= 4 is 34.3 Å². The van der Waals surface area contributed by atoms with Crippen LogP contribution in [0, 0.1) is 11.6 Å². The second-order valence-corrected chi connectivity index (χ2v) is 7.66. The van der Waals surface area contributed by atoms with Crippen LogP contribution in [0.25, 0.3) is 22.4 Å². The van der Waals surface area contributed by atoms with Crippen LogP contribution in [0.1, 0.15) is 15.9 Å². The van der Waals surface area contributed by atoms with E-state index >= 15 is 4.39 Å². The van der Waals surface area contributed by atoms with Crippen LogP contribution in [0.15, 0.2) is 67.4 Å². The number of rotatable bonds is 5. The number of halogens is 5. The Bertz CT molecular complexity index is 1620. The summed E-state index contributed by atoms with van der Waals surface area (Å²) in [5.74, 6) is -2.96. The highest BCUT2D eigenvalue weighted by molar-refractivity contribution is 6.04. The molecule has 0 fully saturated rings. The fraction of sp³-hybridized carbons (Fsp3) is 0.0417. The van der Waals surface area contributed by atoms with Crippen LogP contribution < -0.4 is 10.6 Å². The molecule has 1 amide bonds. The predicted molar refractivity (Wildman–Crippen MR) is 124 cm³/mol. The highest BCUT2D eigenvalue weighted by Crippen LogP contribution is 2.34. The van der Waals surface area contributed by atoms with Gasteiger partial charge in [0.2, 0.25) is 0 Å². The number of alkyl halides is 3. The first-order valence-electron chi connectivity index (χ1n) is 10.6. The number of nitrogens with zero attached hydrogens (tertiary/aromatic N) is 4. The Hall–Kier alpha value is -4.94. The molecule has 5 aromatic rings. The molecule has 0 bridgehead atoms. The summed E-state index contributed by atoms with van der Waals surface area (Å²) in [6.45, 7) is 0. The molecule has 186 valence electrons. The Balaban J connectivity index is 1.45. The topological polar surface area (TPSA) is 108 Å². The van der Waals surface area contributed by atoms with Gasteiger partial charge in [-0.25, -0.2) is 28.7 Å². The van der Waals surface area contributed by atoms with Crippen molar-refractivity contribution in [1.29, 1.82) is 0 Å². The lowest BCUT2D eigenvalue weighted by molar-refractivity contribution is -0.137. The van der Waals surface area contributed by atoms with E-state index in [9.17, 15) is 22.4 Å². The first kappa shape index (κ1) is 23.8. The van der Waals surface area contributed by atoms with E-state index in [1.54, 1.807) is 12.1 Å². The zero-order valence-electron chi connectivity index (χ0n) is 18.4. The van der Waals surface area contributed by atoms with E-state index in [0.29, 0.717) is 22.4 Å². The highest BCUT2D eigenvalue weighted by Gasteiger charge is 2.30. The number of anilines is 3. The molecule has 3 heterocycles. The molecule has 37 heavy (non-hydrogen) atoms. The van der Waals surface area contributed by atoms with Gasteiger partial charge >= 0.3 is 6.18 Å². The number of imidazole rings is 1. The Morgan fingerprint density at radius 2 is 1.70 bits per heavy atom. The van der Waals surface area contributed by atoms with E-state index in [2.05, 4.69) is 35.6 Å². The summed E-state index contributed by atoms with van der Waals surface area (Å²) in [6, 6.07) is 8.52. The standard InChI is InChI=1S/C24H14F5N7O/c25-15-7-8-16(35-23(37)12-3-5-13(6-4-12)24(27,28)29)17(26)19(15)36-21-14(2-1-9-30-21)18-20-22(33-10-31-18)34-11-32-20/h1-11H,(H,30,36)(H,35,37)(H,31,32,33,34). The van der Waals surface area contributed by atoms with E-state index < -0.39 is 40.7 Å². The molecule has 0 radical (unpaired) electrons. The number of carbonyl (C=O) groups excluding carboxylic acids is 1. The molecule has 0 aliphatic heterocycles. The molecule has 0 atom stereocenters. The van der Waals surface area contributed by atoms with Crippen LogP contribution in [0.2, 0.25) is 0 Å². The van der Waals surface area contributed by atoms with Crippen LogP contribution in [0.4, 0.5) is 39.1 Å². The van der Waals surface area contributed by atoms with Crippen molar-refractivity contribution in [1.82, 2.24) is 24.9 Å². The summed E-state index contributed by atoms with van der Waals surface area (Å²) >= 11 is 0. The number of hydrogen-bond donors (Lipinski definition) is 3. The third kappa shape index (κ3) is 4.66. The van der Waals surface area contributed by atoms with Gasteiger partial charge in [0.15, 0.2) is 11.5 Å². The molecule has 0 unspecified atom stereocenters. The average molecular weight is 511 g/mol. The SMILES string of the molecule is O=C(Nc1ccc(F)c(Nc2ncccc2-c2ncnc3[nH]cnc23)c1F)c1ccc(C(F)(F)F)cc1. The Labute approximate surface area is 204 Å². The van der Waals surface area contributed by atoms with Crippen molar-refractivity contribution in [2.24, 2.45) is 0 Å². The quantitative estimate of drug-likeness (QED) is 0.261. The molecular weight excluding hydrogens is 497 g/mol. The first-order valence-corrected chi connectivity index (χ1v) is 10.6. The van der Waals surface area contributed by atoms with E-state index in [1.807, 2.05) is 0 Å². The third-order valence-electron chi connectivity index (χ3n) is 5.34. The second kappa shape index (κ2) is 9.26. The van der Waals surface area contributed by atoms with Gasteiger partial charge < -0.3 is 15.6 Å². The molecule has 13 heteroatoms. The summed E-state index contributed by atoms with van der Waals surface area (Å²) in [4.78, 5) is 32.0. The van der Waals surface area contributed by atoms with E-state index in [0.717, 1.165) is 36.4 Å². The number of nitrogens with one attached hydrogen (secondary N) is 3. The lowest BCUT2D eigenvalue weighted by atomic mass is 10.1. The minimum Gasteiger partial charge on any atom is -0.335 e. The van der Waals surface area contributed by atoms with Gasteiger partial charge in [-0.3, -0.25) is 4.79 Å². The number of hydrogen-bond acceptors (Lipinski definition) is 6. The molecule has 0 saturated carbocycles. The maximum atomic E-state index is 15.3. The van der Waals surface area contributed by atoms with Gasteiger partial charge in [0, 0.05) is 17.3 Å². The molecule has 2 aromatic carbocycles. The summed E-state index contributed by atoms with van der Waals surface area (Å²) in [7, 11) is 0. The number of benzene rings is 2. The number of H-pyrrole nitrogens is 1. The summed E-state index contributed by atoms with van der Waals surface area (Å²) in [6.07, 6.45) is -0.446. The molecule has 0 saturated heterocycles. The van der Waals surface area contributed by atoms with Crippen LogP contribution in [-0.2, 0) is 6.18 Å². The number of fused-ring (bicyclic) bond motifs is 1. The Morgan fingerprint density at radius 1 is 0.919 bits per heavy atom. The van der Waals surface area contributed by atoms with Crippen LogP contribution >= 0.6 is 0 Å². The summed E-state index contributed by atoms with van der Waals surface area (Å²) in [5, 5.41) is 4.85. The fourth-order valence-corrected chi connectivity index (χ4v) is 3.54. The second-order valence-electron chi connectivity index (χ2n) is 7.66. The van der Waals surface area contributed by atoms with Crippen molar-refractivity contribution in [2.75, 3.05) is 10.6 Å². The first-order chi connectivity index (χ1) is 17.7. The van der Waals surface area contributed by atoms with Crippen molar-refractivity contribution < 1.29 is 26.7 Å². The Kier molecular flexibility index (Phi) is 5.95. The fourth-order valence-electron chi connectivity index (χ4n) is 3.54. The van der Waals surface area contributed by atoms with Gasteiger partial charge in [0.1, 0.15) is 34.9 Å². The molecule has 3 aromatic heterocycles. The molecule has 8 nitrogen and oxygen atoms in total. The summed E-state index contributed by atoms with van der Waals surface area (Å²) in [5.41, 5.74) is -0.507. The van der Waals surface area contributed by atoms with Gasteiger partial charge in [0.05, 0.1) is 17.6 Å². The zero-order valence-corrected chi connectivity index (χ0v) is 18.4. The molecule has 0 aliphatic rings. The van der Waals surface area contributed by atoms with Crippen LogP contribution in [-0.4, -0.2) is 30.8 Å².